The number of carbonyl (C=O) groups excluding carboxylic acids is 2. The highest BCUT2D eigenvalue weighted by molar-refractivity contribution is 5.94. The standard InChI is InChI=1S/C21H24FN3O2/c1-15-6-8-17(9-7-15)24-21(27)23-14-16-10-12-25(13-11-16)20(26)18-4-2-3-5-19(18)22/h2-9,16H,10-14H2,1H3,(H2,23,24,27). The van der Waals surface area contributed by atoms with E-state index in [9.17, 15) is 14.0 Å². The highest BCUT2D eigenvalue weighted by Crippen LogP contribution is 2.19. The van der Waals surface area contributed by atoms with E-state index in [0.29, 0.717) is 25.6 Å². The Morgan fingerprint density at radius 2 is 1.74 bits per heavy atom. The van der Waals surface area contributed by atoms with Crippen LogP contribution in [0.25, 0.3) is 0 Å². The first kappa shape index (κ1) is 18.9. The average molecular weight is 369 g/mol. The van der Waals surface area contributed by atoms with Gasteiger partial charge in [0.2, 0.25) is 0 Å². The fourth-order valence-electron chi connectivity index (χ4n) is 3.19. The van der Waals surface area contributed by atoms with Crippen LogP contribution in [0, 0.1) is 18.7 Å². The molecule has 2 aromatic rings. The predicted octanol–water partition coefficient (Wildman–Crippen LogP) is 3.81. The molecular weight excluding hydrogens is 345 g/mol. The molecule has 0 radical (unpaired) electrons. The number of piperidine rings is 1. The lowest BCUT2D eigenvalue weighted by atomic mass is 9.96. The van der Waals surface area contributed by atoms with Crippen molar-refractivity contribution in [1.29, 1.82) is 0 Å². The summed E-state index contributed by atoms with van der Waals surface area (Å²) in [6.07, 6.45) is 1.57. The van der Waals surface area contributed by atoms with Gasteiger partial charge < -0.3 is 15.5 Å². The summed E-state index contributed by atoms with van der Waals surface area (Å²) in [4.78, 5) is 26.1. The second kappa shape index (κ2) is 8.66. The predicted molar refractivity (Wildman–Crippen MR) is 103 cm³/mol. The van der Waals surface area contributed by atoms with Crippen molar-refractivity contribution in [2.75, 3.05) is 25.0 Å². The quantitative estimate of drug-likeness (QED) is 0.861. The lowest BCUT2D eigenvalue weighted by Gasteiger charge is -2.32. The molecule has 142 valence electrons. The zero-order valence-corrected chi connectivity index (χ0v) is 15.4. The molecule has 3 rings (SSSR count). The molecule has 0 unspecified atom stereocenters. The fourth-order valence-corrected chi connectivity index (χ4v) is 3.19. The highest BCUT2D eigenvalue weighted by Gasteiger charge is 2.25. The Morgan fingerprint density at radius 1 is 1.07 bits per heavy atom. The second-order valence-corrected chi connectivity index (χ2v) is 6.92. The van der Waals surface area contributed by atoms with Crippen molar-refractivity contribution in [1.82, 2.24) is 10.2 Å². The summed E-state index contributed by atoms with van der Waals surface area (Å²) >= 11 is 0. The van der Waals surface area contributed by atoms with Crippen LogP contribution >= 0.6 is 0 Å². The Labute approximate surface area is 158 Å². The Kier molecular flexibility index (Phi) is 6.06. The van der Waals surface area contributed by atoms with Crippen molar-refractivity contribution in [3.63, 3.8) is 0 Å². The summed E-state index contributed by atoms with van der Waals surface area (Å²) in [5.74, 6) is -0.450. The van der Waals surface area contributed by atoms with Crippen LogP contribution in [0.15, 0.2) is 48.5 Å². The van der Waals surface area contributed by atoms with Crippen LogP contribution in [0.3, 0.4) is 0 Å². The number of likely N-dealkylation sites (tertiary alicyclic amines) is 1. The van der Waals surface area contributed by atoms with Gasteiger partial charge in [-0.2, -0.15) is 0 Å². The van der Waals surface area contributed by atoms with E-state index in [0.717, 1.165) is 24.1 Å². The molecule has 0 atom stereocenters. The van der Waals surface area contributed by atoms with Crippen molar-refractivity contribution in [3.05, 3.63) is 65.5 Å². The maximum absolute atomic E-state index is 13.8. The van der Waals surface area contributed by atoms with Gasteiger partial charge in [0.25, 0.3) is 5.91 Å². The summed E-state index contributed by atoms with van der Waals surface area (Å²) < 4.78 is 13.8. The Balaban J connectivity index is 1.43. The number of nitrogens with one attached hydrogen (secondary N) is 2. The number of hydrogen-bond acceptors (Lipinski definition) is 2. The topological polar surface area (TPSA) is 61.4 Å². The molecule has 3 amide bonds. The summed E-state index contributed by atoms with van der Waals surface area (Å²) in [6.45, 7) is 3.69. The van der Waals surface area contributed by atoms with Crippen LogP contribution in [0.1, 0.15) is 28.8 Å². The summed E-state index contributed by atoms with van der Waals surface area (Å²) in [5.41, 5.74) is 2.01. The van der Waals surface area contributed by atoms with Gasteiger partial charge >= 0.3 is 6.03 Å². The molecule has 27 heavy (non-hydrogen) atoms. The molecule has 1 aliphatic rings. The Hall–Kier alpha value is -2.89. The van der Waals surface area contributed by atoms with Crippen LogP contribution in [-0.2, 0) is 0 Å². The zero-order chi connectivity index (χ0) is 19.2. The third kappa shape index (κ3) is 5.06. The van der Waals surface area contributed by atoms with Crippen molar-refractivity contribution in [2.24, 2.45) is 5.92 Å². The first-order valence-corrected chi connectivity index (χ1v) is 9.18. The second-order valence-electron chi connectivity index (χ2n) is 6.92. The third-order valence-corrected chi connectivity index (χ3v) is 4.87. The van der Waals surface area contributed by atoms with E-state index in [1.165, 1.54) is 12.1 Å². The van der Waals surface area contributed by atoms with E-state index in [2.05, 4.69) is 10.6 Å². The Bertz CT molecular complexity index is 799. The molecule has 1 aliphatic heterocycles. The third-order valence-electron chi connectivity index (χ3n) is 4.87. The van der Waals surface area contributed by atoms with Gasteiger partial charge in [-0.25, -0.2) is 9.18 Å². The first-order chi connectivity index (χ1) is 13.0. The monoisotopic (exact) mass is 369 g/mol. The molecule has 6 heteroatoms. The van der Waals surface area contributed by atoms with Crippen LogP contribution in [0.4, 0.5) is 14.9 Å². The van der Waals surface area contributed by atoms with Crippen LogP contribution in [0.2, 0.25) is 0 Å². The summed E-state index contributed by atoms with van der Waals surface area (Å²) in [5, 5.41) is 5.69. The lowest BCUT2D eigenvalue weighted by Crippen LogP contribution is -2.42. The number of aryl methyl sites for hydroxylation is 1. The van der Waals surface area contributed by atoms with Gasteiger partial charge in [0.05, 0.1) is 5.56 Å². The van der Waals surface area contributed by atoms with Gasteiger partial charge in [0.15, 0.2) is 0 Å². The fraction of sp³-hybridized carbons (Fsp3) is 0.333. The van der Waals surface area contributed by atoms with E-state index in [1.54, 1.807) is 17.0 Å². The molecule has 1 fully saturated rings. The number of halogens is 1. The number of urea groups is 1. The number of hydrogen-bond donors (Lipinski definition) is 2. The summed E-state index contributed by atoms with van der Waals surface area (Å²) in [6, 6.07) is 13.4. The maximum atomic E-state index is 13.8. The highest BCUT2D eigenvalue weighted by atomic mass is 19.1. The molecule has 0 saturated carbocycles. The van der Waals surface area contributed by atoms with Crippen molar-refractivity contribution in [2.45, 2.75) is 19.8 Å². The van der Waals surface area contributed by atoms with E-state index in [1.807, 2.05) is 31.2 Å². The molecule has 5 nitrogen and oxygen atoms in total. The van der Waals surface area contributed by atoms with E-state index in [4.69, 9.17) is 0 Å². The minimum absolute atomic E-state index is 0.117. The van der Waals surface area contributed by atoms with Crippen LogP contribution in [-0.4, -0.2) is 36.5 Å². The number of rotatable bonds is 4. The van der Waals surface area contributed by atoms with Crippen molar-refractivity contribution >= 4 is 17.6 Å². The van der Waals surface area contributed by atoms with Gasteiger partial charge in [-0.3, -0.25) is 4.79 Å². The van der Waals surface area contributed by atoms with E-state index >= 15 is 0 Å². The smallest absolute Gasteiger partial charge is 0.319 e. The molecule has 2 N–H and O–H groups in total. The van der Waals surface area contributed by atoms with E-state index < -0.39 is 5.82 Å². The van der Waals surface area contributed by atoms with Gasteiger partial charge in [-0.15, -0.1) is 0 Å². The van der Waals surface area contributed by atoms with Gasteiger partial charge in [-0.05, 0) is 49.9 Å². The zero-order valence-electron chi connectivity index (χ0n) is 15.4. The van der Waals surface area contributed by atoms with Crippen molar-refractivity contribution < 1.29 is 14.0 Å². The average Bonchev–Trinajstić information content (AvgIpc) is 2.68. The molecular formula is C21H24FN3O2. The number of benzene rings is 2. The minimum Gasteiger partial charge on any atom is -0.339 e. The molecule has 0 aromatic heterocycles. The number of amides is 3. The number of carbonyl (C=O) groups is 2. The minimum atomic E-state index is -0.487. The molecule has 1 heterocycles. The van der Waals surface area contributed by atoms with Gasteiger partial charge in [0, 0.05) is 25.3 Å². The van der Waals surface area contributed by atoms with Gasteiger partial charge in [-0.1, -0.05) is 29.8 Å². The van der Waals surface area contributed by atoms with Crippen LogP contribution < -0.4 is 10.6 Å². The normalized spacial score (nSPS) is 14.7. The Morgan fingerprint density at radius 3 is 2.41 bits per heavy atom. The molecule has 0 aliphatic carbocycles. The molecule has 1 saturated heterocycles. The SMILES string of the molecule is Cc1ccc(NC(=O)NCC2CCN(C(=O)c3ccccc3F)CC2)cc1. The van der Waals surface area contributed by atoms with Crippen LogP contribution in [0.5, 0.6) is 0 Å². The van der Waals surface area contributed by atoms with Crippen molar-refractivity contribution in [3.8, 4) is 0 Å². The lowest BCUT2D eigenvalue weighted by molar-refractivity contribution is 0.0686. The largest absolute Gasteiger partial charge is 0.339 e. The maximum Gasteiger partial charge on any atom is 0.319 e. The number of nitrogens with zero attached hydrogens (tertiary/aromatic N) is 1. The number of anilines is 1. The summed E-state index contributed by atoms with van der Waals surface area (Å²) in [7, 11) is 0. The first-order valence-electron chi connectivity index (χ1n) is 9.18. The molecule has 0 bridgehead atoms. The molecule has 2 aromatic carbocycles. The molecule has 0 spiro atoms. The van der Waals surface area contributed by atoms with E-state index in [-0.39, 0.29) is 17.5 Å². The van der Waals surface area contributed by atoms with Gasteiger partial charge in [0.1, 0.15) is 5.82 Å².